The Morgan fingerprint density at radius 3 is 2.79 bits per heavy atom. The highest BCUT2D eigenvalue weighted by Crippen LogP contribution is 2.25. The van der Waals surface area contributed by atoms with Crippen LogP contribution in [0.3, 0.4) is 0 Å². The summed E-state index contributed by atoms with van der Waals surface area (Å²) in [5.41, 5.74) is 0. The largest absolute Gasteiger partial charge is 0.394 e. The molecule has 0 aromatic rings. The number of hydrogen-bond donors (Lipinski definition) is 2. The number of hydrogen-bond acceptors (Lipinski definition) is 4. The van der Waals surface area contributed by atoms with E-state index in [1.807, 2.05) is 6.92 Å². The van der Waals surface area contributed by atoms with Gasteiger partial charge in [0, 0.05) is 6.61 Å². The summed E-state index contributed by atoms with van der Waals surface area (Å²) in [5.74, 6) is 0. The maximum Gasteiger partial charge on any atom is 0.189 e. The highest BCUT2D eigenvalue weighted by Gasteiger charge is 2.44. The van der Waals surface area contributed by atoms with Gasteiger partial charge >= 0.3 is 0 Å². The second kappa shape index (κ2) is 5.60. The van der Waals surface area contributed by atoms with E-state index in [9.17, 15) is 4.39 Å². The van der Waals surface area contributed by atoms with Crippen molar-refractivity contribution in [3.05, 3.63) is 0 Å². The predicted octanol–water partition coefficient (Wildman–Crippen LogP) is 0.219. The fraction of sp³-hybridized carbons (Fsp3) is 1.00. The van der Waals surface area contributed by atoms with Crippen molar-refractivity contribution in [3.63, 3.8) is 0 Å². The van der Waals surface area contributed by atoms with Crippen LogP contribution in [0.15, 0.2) is 0 Å². The molecule has 1 aliphatic rings. The molecule has 2 unspecified atom stereocenters. The van der Waals surface area contributed by atoms with Gasteiger partial charge in [0.2, 0.25) is 0 Å². The fourth-order valence-electron chi connectivity index (χ4n) is 1.41. The van der Waals surface area contributed by atoms with Crippen molar-refractivity contribution in [1.82, 2.24) is 0 Å². The Morgan fingerprint density at radius 1 is 1.50 bits per heavy atom. The standard InChI is InChI=1S/C9H17FO4/c1-2-3-4-13-8-6(5-11)14-9(12)7(8)10/h6-9,11-12H,2-5H2,1H3/t6-,7?,8-,9?/m1/s1. The van der Waals surface area contributed by atoms with Crippen molar-refractivity contribution < 1.29 is 24.1 Å². The zero-order valence-corrected chi connectivity index (χ0v) is 8.23. The second-order valence-corrected chi connectivity index (χ2v) is 3.38. The zero-order chi connectivity index (χ0) is 10.6. The molecule has 1 saturated heterocycles. The van der Waals surface area contributed by atoms with Crippen LogP contribution in [0.5, 0.6) is 0 Å². The normalized spacial score (nSPS) is 37.7. The van der Waals surface area contributed by atoms with Crippen molar-refractivity contribution in [3.8, 4) is 0 Å². The smallest absolute Gasteiger partial charge is 0.189 e. The van der Waals surface area contributed by atoms with E-state index in [2.05, 4.69) is 0 Å². The number of alkyl halides is 1. The lowest BCUT2D eigenvalue weighted by Crippen LogP contribution is -2.34. The summed E-state index contributed by atoms with van der Waals surface area (Å²) in [6.45, 7) is 2.09. The van der Waals surface area contributed by atoms with Crippen LogP contribution in [-0.2, 0) is 9.47 Å². The molecule has 0 spiro atoms. The first-order chi connectivity index (χ1) is 6.70. The van der Waals surface area contributed by atoms with Gasteiger partial charge in [-0.3, -0.25) is 0 Å². The van der Waals surface area contributed by atoms with Gasteiger partial charge in [-0.25, -0.2) is 4.39 Å². The lowest BCUT2D eigenvalue weighted by Gasteiger charge is -2.17. The molecule has 0 saturated carbocycles. The number of halogens is 1. The third kappa shape index (κ3) is 2.63. The average molecular weight is 208 g/mol. The summed E-state index contributed by atoms with van der Waals surface area (Å²) in [6.07, 6.45) is -2.85. The van der Waals surface area contributed by atoms with Crippen molar-refractivity contribution >= 4 is 0 Å². The van der Waals surface area contributed by atoms with Crippen LogP contribution in [0, 0.1) is 0 Å². The Balaban J connectivity index is 2.38. The molecule has 1 heterocycles. The van der Waals surface area contributed by atoms with Crippen molar-refractivity contribution in [2.45, 2.75) is 44.4 Å². The Bertz CT molecular complexity index is 167. The van der Waals surface area contributed by atoms with E-state index in [4.69, 9.17) is 19.7 Å². The molecular formula is C9H17FO4. The minimum absolute atomic E-state index is 0.339. The van der Waals surface area contributed by atoms with Crippen LogP contribution in [0.4, 0.5) is 4.39 Å². The molecule has 0 aromatic carbocycles. The number of rotatable bonds is 5. The maximum atomic E-state index is 13.2. The van der Waals surface area contributed by atoms with Crippen LogP contribution in [0.25, 0.3) is 0 Å². The molecule has 0 aliphatic carbocycles. The van der Waals surface area contributed by atoms with Gasteiger partial charge in [-0.15, -0.1) is 0 Å². The van der Waals surface area contributed by atoms with Gasteiger partial charge in [0.05, 0.1) is 6.61 Å². The van der Waals surface area contributed by atoms with E-state index < -0.39 is 24.7 Å². The molecule has 4 atom stereocenters. The highest BCUT2D eigenvalue weighted by molar-refractivity contribution is 4.87. The second-order valence-electron chi connectivity index (χ2n) is 3.38. The van der Waals surface area contributed by atoms with Crippen LogP contribution >= 0.6 is 0 Å². The van der Waals surface area contributed by atoms with Crippen molar-refractivity contribution in [1.29, 1.82) is 0 Å². The number of unbranched alkanes of at least 4 members (excludes halogenated alkanes) is 1. The maximum absolute atomic E-state index is 13.2. The van der Waals surface area contributed by atoms with E-state index in [0.717, 1.165) is 12.8 Å². The van der Waals surface area contributed by atoms with Crippen LogP contribution in [-0.4, -0.2) is 48.1 Å². The van der Waals surface area contributed by atoms with Crippen molar-refractivity contribution in [2.24, 2.45) is 0 Å². The summed E-state index contributed by atoms with van der Waals surface area (Å²) >= 11 is 0. The Morgan fingerprint density at radius 2 is 2.21 bits per heavy atom. The fourth-order valence-corrected chi connectivity index (χ4v) is 1.41. The third-order valence-electron chi connectivity index (χ3n) is 2.26. The van der Waals surface area contributed by atoms with Gasteiger partial charge in [0.1, 0.15) is 12.2 Å². The Kier molecular flexibility index (Phi) is 4.74. The summed E-state index contributed by atoms with van der Waals surface area (Å²) in [4.78, 5) is 0. The molecule has 0 bridgehead atoms. The van der Waals surface area contributed by atoms with Gasteiger partial charge in [-0.2, -0.15) is 0 Å². The van der Waals surface area contributed by atoms with E-state index >= 15 is 0 Å². The topological polar surface area (TPSA) is 58.9 Å². The number of aliphatic hydroxyl groups excluding tert-OH is 2. The number of aliphatic hydroxyl groups is 2. The first-order valence-corrected chi connectivity index (χ1v) is 4.90. The van der Waals surface area contributed by atoms with Gasteiger partial charge in [0.15, 0.2) is 12.5 Å². The molecule has 1 rings (SSSR count). The molecule has 14 heavy (non-hydrogen) atoms. The molecule has 4 nitrogen and oxygen atoms in total. The average Bonchev–Trinajstić information content (AvgIpc) is 2.45. The van der Waals surface area contributed by atoms with Crippen LogP contribution in [0.1, 0.15) is 19.8 Å². The lowest BCUT2D eigenvalue weighted by molar-refractivity contribution is -0.121. The Hall–Kier alpha value is -0.230. The summed E-state index contributed by atoms with van der Waals surface area (Å²) in [7, 11) is 0. The molecule has 2 N–H and O–H groups in total. The molecule has 0 amide bonds. The number of ether oxygens (including phenoxy) is 2. The summed E-state index contributed by atoms with van der Waals surface area (Å²) in [5, 5.41) is 17.9. The molecule has 1 fully saturated rings. The monoisotopic (exact) mass is 208 g/mol. The third-order valence-corrected chi connectivity index (χ3v) is 2.26. The molecule has 0 radical (unpaired) electrons. The van der Waals surface area contributed by atoms with Crippen molar-refractivity contribution in [2.75, 3.05) is 13.2 Å². The van der Waals surface area contributed by atoms with E-state index in [1.54, 1.807) is 0 Å². The molecule has 84 valence electrons. The summed E-state index contributed by atoms with van der Waals surface area (Å²) < 4.78 is 23.2. The molecule has 0 aromatic heterocycles. The van der Waals surface area contributed by atoms with Crippen LogP contribution in [0.2, 0.25) is 0 Å². The van der Waals surface area contributed by atoms with E-state index in [0.29, 0.717) is 6.61 Å². The first-order valence-electron chi connectivity index (χ1n) is 4.90. The molecule has 5 heteroatoms. The lowest BCUT2D eigenvalue weighted by atomic mass is 10.1. The van der Waals surface area contributed by atoms with Gasteiger partial charge in [-0.1, -0.05) is 13.3 Å². The van der Waals surface area contributed by atoms with Gasteiger partial charge in [0.25, 0.3) is 0 Å². The quantitative estimate of drug-likeness (QED) is 0.634. The molecule has 1 aliphatic heterocycles. The first kappa shape index (κ1) is 11.8. The van der Waals surface area contributed by atoms with E-state index in [1.165, 1.54) is 0 Å². The van der Waals surface area contributed by atoms with Gasteiger partial charge in [-0.05, 0) is 6.42 Å². The summed E-state index contributed by atoms with van der Waals surface area (Å²) in [6, 6.07) is 0. The SMILES string of the molecule is CCCCO[C@H]1C(F)C(O)O[C@@H]1CO. The van der Waals surface area contributed by atoms with Crippen LogP contribution < -0.4 is 0 Å². The van der Waals surface area contributed by atoms with Gasteiger partial charge < -0.3 is 19.7 Å². The zero-order valence-electron chi connectivity index (χ0n) is 8.23. The molecular weight excluding hydrogens is 191 g/mol. The minimum atomic E-state index is -1.57. The highest BCUT2D eigenvalue weighted by atomic mass is 19.1. The predicted molar refractivity (Wildman–Crippen MR) is 47.5 cm³/mol. The Labute approximate surface area is 82.6 Å². The van der Waals surface area contributed by atoms with E-state index in [-0.39, 0.29) is 6.61 Å². The minimum Gasteiger partial charge on any atom is -0.394 e.